The lowest BCUT2D eigenvalue weighted by molar-refractivity contribution is 0.275. The Balaban J connectivity index is 2.10. The first-order chi connectivity index (χ1) is 8.22. The third-order valence-corrected chi connectivity index (χ3v) is 3.40. The molecule has 1 fully saturated rings. The average Bonchev–Trinajstić information content (AvgIpc) is 2.78. The Kier molecular flexibility index (Phi) is 3.94. The van der Waals surface area contributed by atoms with Crippen molar-refractivity contribution < 1.29 is 5.11 Å². The monoisotopic (exact) mass is 235 g/mol. The van der Waals surface area contributed by atoms with Gasteiger partial charge in [-0.05, 0) is 37.3 Å². The Hall–Kier alpha value is -1.16. The quantitative estimate of drug-likeness (QED) is 0.866. The summed E-state index contributed by atoms with van der Waals surface area (Å²) in [6, 6.07) is 4.54. The van der Waals surface area contributed by atoms with E-state index in [1.165, 1.54) is 6.42 Å². The molecule has 1 unspecified atom stereocenters. The minimum absolute atomic E-state index is 0.249. The minimum Gasteiger partial charge on any atom is -0.396 e. The van der Waals surface area contributed by atoms with Crippen molar-refractivity contribution in [3.05, 3.63) is 17.8 Å². The molecular formula is C13H21N3O. The van der Waals surface area contributed by atoms with E-state index in [-0.39, 0.29) is 6.61 Å². The molecule has 0 amide bonds. The van der Waals surface area contributed by atoms with Crippen LogP contribution in [0.2, 0.25) is 0 Å². The third-order valence-electron chi connectivity index (χ3n) is 3.40. The Morgan fingerprint density at radius 1 is 1.41 bits per heavy atom. The van der Waals surface area contributed by atoms with Crippen LogP contribution in [0.5, 0.6) is 0 Å². The molecule has 0 saturated carbocycles. The van der Waals surface area contributed by atoms with E-state index in [4.69, 9.17) is 5.11 Å². The van der Waals surface area contributed by atoms with Crippen molar-refractivity contribution >= 4 is 5.82 Å². The molecule has 0 aromatic carbocycles. The first-order valence-electron chi connectivity index (χ1n) is 6.43. The van der Waals surface area contributed by atoms with E-state index in [1.807, 2.05) is 0 Å². The molecule has 0 aliphatic carbocycles. The van der Waals surface area contributed by atoms with Crippen LogP contribution in [0.15, 0.2) is 12.1 Å². The van der Waals surface area contributed by atoms with Crippen LogP contribution in [0.4, 0.5) is 5.82 Å². The lowest BCUT2D eigenvalue weighted by atomic mass is 10.1. The number of hydrogen-bond donors (Lipinski definition) is 1. The number of rotatable bonds is 4. The zero-order chi connectivity index (χ0) is 12.3. The normalized spacial score (nSPS) is 20.2. The van der Waals surface area contributed by atoms with E-state index < -0.39 is 0 Å². The van der Waals surface area contributed by atoms with Crippen LogP contribution in [0.25, 0.3) is 0 Å². The number of aromatic nitrogens is 2. The molecule has 94 valence electrons. The highest BCUT2D eigenvalue weighted by Gasteiger charge is 2.25. The zero-order valence-electron chi connectivity index (χ0n) is 10.6. The highest BCUT2D eigenvalue weighted by atomic mass is 16.3. The van der Waals surface area contributed by atoms with E-state index in [1.54, 1.807) is 0 Å². The smallest absolute Gasteiger partial charge is 0.151 e. The molecule has 0 spiro atoms. The van der Waals surface area contributed by atoms with Crippen LogP contribution >= 0.6 is 0 Å². The second-order valence-electron chi connectivity index (χ2n) is 4.97. The summed E-state index contributed by atoms with van der Waals surface area (Å²) in [6.45, 7) is 5.52. The average molecular weight is 235 g/mol. The van der Waals surface area contributed by atoms with Gasteiger partial charge in [-0.15, -0.1) is 5.10 Å². The van der Waals surface area contributed by atoms with Crippen molar-refractivity contribution in [1.29, 1.82) is 0 Å². The van der Waals surface area contributed by atoms with Crippen LogP contribution in [0.1, 0.15) is 44.7 Å². The summed E-state index contributed by atoms with van der Waals surface area (Å²) in [5, 5.41) is 17.6. The van der Waals surface area contributed by atoms with Crippen LogP contribution in [0.3, 0.4) is 0 Å². The van der Waals surface area contributed by atoms with E-state index in [0.29, 0.717) is 12.0 Å². The molecule has 1 aliphatic heterocycles. The second kappa shape index (κ2) is 5.45. The van der Waals surface area contributed by atoms with E-state index in [9.17, 15) is 0 Å². The first-order valence-corrected chi connectivity index (χ1v) is 6.43. The molecule has 1 aromatic rings. The second-order valence-corrected chi connectivity index (χ2v) is 4.97. The number of aliphatic hydroxyl groups is 1. The van der Waals surface area contributed by atoms with Crippen LogP contribution in [-0.2, 0) is 0 Å². The first kappa shape index (κ1) is 12.3. The minimum atomic E-state index is 0.249. The van der Waals surface area contributed by atoms with Crippen LogP contribution < -0.4 is 4.90 Å². The van der Waals surface area contributed by atoms with Crippen molar-refractivity contribution in [1.82, 2.24) is 10.2 Å². The van der Waals surface area contributed by atoms with Crippen LogP contribution in [0, 0.1) is 0 Å². The predicted molar refractivity (Wildman–Crippen MR) is 68.2 cm³/mol. The molecule has 4 nitrogen and oxygen atoms in total. The summed E-state index contributed by atoms with van der Waals surface area (Å²) in [7, 11) is 0. The van der Waals surface area contributed by atoms with Gasteiger partial charge in [0.15, 0.2) is 5.82 Å². The molecule has 1 saturated heterocycles. The molecule has 1 aromatic heterocycles. The SMILES string of the molecule is CC(C)c1ccc(N2CCCC2CCO)nn1. The number of aliphatic hydroxyl groups excluding tert-OH is 1. The fourth-order valence-corrected chi connectivity index (χ4v) is 2.38. The van der Waals surface area contributed by atoms with E-state index >= 15 is 0 Å². The molecule has 1 N–H and O–H groups in total. The zero-order valence-corrected chi connectivity index (χ0v) is 10.6. The maximum absolute atomic E-state index is 9.05. The van der Waals surface area contributed by atoms with E-state index in [2.05, 4.69) is 41.1 Å². The summed E-state index contributed by atoms with van der Waals surface area (Å²) < 4.78 is 0. The number of hydrogen-bond acceptors (Lipinski definition) is 4. The van der Waals surface area contributed by atoms with Crippen molar-refractivity contribution in [3.63, 3.8) is 0 Å². The number of anilines is 1. The lowest BCUT2D eigenvalue weighted by Gasteiger charge is -2.24. The molecule has 4 heteroatoms. The Labute approximate surface area is 103 Å². The van der Waals surface area contributed by atoms with Gasteiger partial charge in [0.25, 0.3) is 0 Å². The summed E-state index contributed by atoms with van der Waals surface area (Å²) in [5.41, 5.74) is 1.03. The van der Waals surface area contributed by atoms with Crippen LogP contribution in [-0.4, -0.2) is 34.5 Å². The highest BCUT2D eigenvalue weighted by Crippen LogP contribution is 2.25. The summed E-state index contributed by atoms with van der Waals surface area (Å²) in [5.74, 6) is 1.37. The molecule has 1 aliphatic rings. The van der Waals surface area contributed by atoms with Gasteiger partial charge >= 0.3 is 0 Å². The predicted octanol–water partition coefficient (Wildman–Crippen LogP) is 1.95. The molecule has 17 heavy (non-hydrogen) atoms. The highest BCUT2D eigenvalue weighted by molar-refractivity contribution is 5.40. The van der Waals surface area contributed by atoms with Gasteiger partial charge in [-0.25, -0.2) is 0 Å². The summed E-state index contributed by atoms with van der Waals surface area (Å²) >= 11 is 0. The Bertz CT molecular complexity index is 350. The van der Waals surface area contributed by atoms with E-state index in [0.717, 1.165) is 30.9 Å². The van der Waals surface area contributed by atoms with Crippen molar-refractivity contribution in [2.45, 2.75) is 45.1 Å². The third kappa shape index (κ3) is 2.75. The van der Waals surface area contributed by atoms with Gasteiger partial charge in [0.1, 0.15) is 0 Å². The van der Waals surface area contributed by atoms with Crippen molar-refractivity contribution in [2.24, 2.45) is 0 Å². The molecule has 1 atom stereocenters. The van der Waals surface area contributed by atoms with Gasteiger partial charge in [0.2, 0.25) is 0 Å². The van der Waals surface area contributed by atoms with Crippen molar-refractivity contribution in [3.8, 4) is 0 Å². The maximum atomic E-state index is 9.05. The van der Waals surface area contributed by atoms with Crippen molar-refractivity contribution in [2.75, 3.05) is 18.1 Å². The van der Waals surface area contributed by atoms with Gasteiger partial charge in [-0.2, -0.15) is 5.10 Å². The number of nitrogens with zero attached hydrogens (tertiary/aromatic N) is 3. The van der Waals surface area contributed by atoms with Gasteiger partial charge in [0.05, 0.1) is 5.69 Å². The molecule has 2 heterocycles. The fourth-order valence-electron chi connectivity index (χ4n) is 2.38. The van der Waals surface area contributed by atoms with Gasteiger partial charge in [-0.3, -0.25) is 0 Å². The fraction of sp³-hybridized carbons (Fsp3) is 0.692. The molecular weight excluding hydrogens is 214 g/mol. The lowest BCUT2D eigenvalue weighted by Crippen LogP contribution is -2.30. The Morgan fingerprint density at radius 2 is 2.24 bits per heavy atom. The van der Waals surface area contributed by atoms with Gasteiger partial charge in [-0.1, -0.05) is 13.8 Å². The standard InChI is InChI=1S/C13H21N3O/c1-10(2)12-5-6-13(15-14-12)16-8-3-4-11(16)7-9-17/h5-6,10-11,17H,3-4,7-9H2,1-2H3. The molecule has 0 radical (unpaired) electrons. The molecule has 0 bridgehead atoms. The van der Waals surface area contributed by atoms with Gasteiger partial charge in [0, 0.05) is 19.2 Å². The topological polar surface area (TPSA) is 49.2 Å². The largest absolute Gasteiger partial charge is 0.396 e. The Morgan fingerprint density at radius 3 is 2.82 bits per heavy atom. The maximum Gasteiger partial charge on any atom is 0.151 e. The van der Waals surface area contributed by atoms with Gasteiger partial charge < -0.3 is 10.0 Å². The summed E-state index contributed by atoms with van der Waals surface area (Å²) in [4.78, 5) is 2.27. The molecule has 2 rings (SSSR count). The summed E-state index contributed by atoms with van der Waals surface area (Å²) in [6.07, 6.45) is 3.15.